The number of nitrogens with zero attached hydrogens (tertiary/aromatic N) is 2. The summed E-state index contributed by atoms with van der Waals surface area (Å²) in [5, 5.41) is 0. The van der Waals surface area contributed by atoms with Crippen LogP contribution in [0.5, 0.6) is 5.75 Å². The molecule has 106 valence electrons. The Bertz CT molecular complexity index is 437. The fourth-order valence-corrected chi connectivity index (χ4v) is 2.48. The van der Waals surface area contributed by atoms with E-state index in [-0.39, 0.29) is 0 Å². The van der Waals surface area contributed by atoms with E-state index in [9.17, 15) is 0 Å². The molecule has 0 amide bonds. The molecule has 1 aromatic rings. The Morgan fingerprint density at radius 3 is 2.68 bits per heavy atom. The van der Waals surface area contributed by atoms with E-state index in [0.29, 0.717) is 5.69 Å². The van der Waals surface area contributed by atoms with Gasteiger partial charge in [-0.2, -0.15) is 0 Å². The minimum absolute atomic E-state index is 0.682. The Labute approximate surface area is 114 Å². The molecule has 19 heavy (non-hydrogen) atoms. The van der Waals surface area contributed by atoms with E-state index >= 15 is 0 Å². The van der Waals surface area contributed by atoms with Crippen molar-refractivity contribution in [1.82, 2.24) is 0 Å². The Morgan fingerprint density at radius 1 is 1.21 bits per heavy atom. The summed E-state index contributed by atoms with van der Waals surface area (Å²) >= 11 is 0. The van der Waals surface area contributed by atoms with Crippen LogP contribution in [0.3, 0.4) is 0 Å². The number of hydrogen-bond acceptors (Lipinski definition) is 5. The zero-order valence-corrected chi connectivity index (χ0v) is 12.0. The molecular weight excluding hydrogens is 242 g/mol. The minimum atomic E-state index is 0.682. The van der Waals surface area contributed by atoms with Gasteiger partial charge in [0, 0.05) is 39.9 Å². The largest absolute Gasteiger partial charge is 0.495 e. The van der Waals surface area contributed by atoms with Crippen molar-refractivity contribution in [2.75, 3.05) is 63.0 Å². The third-order valence-electron chi connectivity index (χ3n) is 3.57. The zero-order valence-electron chi connectivity index (χ0n) is 12.0. The van der Waals surface area contributed by atoms with Gasteiger partial charge in [-0.15, -0.1) is 0 Å². The number of rotatable bonds is 4. The van der Waals surface area contributed by atoms with Crippen molar-refractivity contribution in [3.63, 3.8) is 0 Å². The van der Waals surface area contributed by atoms with Crippen LogP contribution in [0.4, 0.5) is 17.1 Å². The normalized spacial score (nSPS) is 15.1. The van der Waals surface area contributed by atoms with Crippen molar-refractivity contribution >= 4 is 17.1 Å². The Balaban J connectivity index is 2.40. The van der Waals surface area contributed by atoms with Crippen molar-refractivity contribution in [3.8, 4) is 5.75 Å². The lowest BCUT2D eigenvalue weighted by Crippen LogP contribution is -2.27. The van der Waals surface area contributed by atoms with E-state index in [0.717, 1.165) is 44.1 Å². The molecule has 0 atom stereocenters. The Kier molecular flexibility index (Phi) is 4.37. The Hall–Kier alpha value is -1.62. The van der Waals surface area contributed by atoms with Gasteiger partial charge in [-0.25, -0.2) is 0 Å². The van der Waals surface area contributed by atoms with E-state index < -0.39 is 0 Å². The van der Waals surface area contributed by atoms with E-state index in [2.05, 4.69) is 16.8 Å². The van der Waals surface area contributed by atoms with Crippen LogP contribution in [0.25, 0.3) is 0 Å². The first-order chi connectivity index (χ1) is 9.17. The summed E-state index contributed by atoms with van der Waals surface area (Å²) in [5.74, 6) is 0.733. The quantitative estimate of drug-likeness (QED) is 0.838. The highest BCUT2D eigenvalue weighted by Crippen LogP contribution is 2.38. The lowest BCUT2D eigenvalue weighted by atomic mass is 10.2. The highest BCUT2D eigenvalue weighted by Gasteiger charge is 2.20. The maximum Gasteiger partial charge on any atom is 0.143 e. The van der Waals surface area contributed by atoms with Gasteiger partial charge in [-0.3, -0.25) is 0 Å². The molecular formula is C14H23N3O2. The zero-order chi connectivity index (χ0) is 13.8. The summed E-state index contributed by atoms with van der Waals surface area (Å²) in [4.78, 5) is 4.59. The minimum Gasteiger partial charge on any atom is -0.495 e. The molecule has 5 heteroatoms. The van der Waals surface area contributed by atoms with Gasteiger partial charge < -0.3 is 25.0 Å². The van der Waals surface area contributed by atoms with Crippen LogP contribution in [0.2, 0.25) is 0 Å². The molecule has 0 saturated heterocycles. The molecule has 2 N–H and O–H groups in total. The van der Waals surface area contributed by atoms with Crippen LogP contribution in [-0.2, 0) is 4.74 Å². The van der Waals surface area contributed by atoms with Crippen molar-refractivity contribution in [1.29, 1.82) is 0 Å². The number of hydrogen-bond donors (Lipinski definition) is 1. The highest BCUT2D eigenvalue weighted by molar-refractivity contribution is 5.79. The van der Waals surface area contributed by atoms with Gasteiger partial charge in [0.15, 0.2) is 0 Å². The average molecular weight is 265 g/mol. The van der Waals surface area contributed by atoms with Gasteiger partial charge in [0.1, 0.15) is 5.75 Å². The maximum absolute atomic E-state index is 6.02. The van der Waals surface area contributed by atoms with Gasteiger partial charge in [-0.1, -0.05) is 0 Å². The first kappa shape index (κ1) is 13.8. The topological polar surface area (TPSA) is 51.0 Å². The molecule has 0 bridgehead atoms. The highest BCUT2D eigenvalue weighted by atomic mass is 16.5. The molecule has 0 radical (unpaired) electrons. The monoisotopic (exact) mass is 265 g/mol. The predicted molar refractivity (Wildman–Crippen MR) is 79.4 cm³/mol. The Morgan fingerprint density at radius 2 is 2.00 bits per heavy atom. The third kappa shape index (κ3) is 2.87. The lowest BCUT2D eigenvalue weighted by molar-refractivity contribution is 0.205. The van der Waals surface area contributed by atoms with Crippen LogP contribution in [0.15, 0.2) is 12.1 Å². The van der Waals surface area contributed by atoms with Crippen LogP contribution < -0.4 is 20.3 Å². The first-order valence-corrected chi connectivity index (χ1v) is 6.60. The second-order valence-electron chi connectivity index (χ2n) is 4.84. The van der Waals surface area contributed by atoms with E-state index in [1.807, 2.05) is 12.1 Å². The molecule has 0 fully saturated rings. The van der Waals surface area contributed by atoms with Crippen molar-refractivity contribution in [3.05, 3.63) is 12.1 Å². The molecule has 1 heterocycles. The first-order valence-electron chi connectivity index (χ1n) is 6.60. The molecule has 1 aromatic carbocycles. The van der Waals surface area contributed by atoms with Crippen molar-refractivity contribution in [2.24, 2.45) is 0 Å². The summed E-state index contributed by atoms with van der Waals surface area (Å²) in [6.45, 7) is 3.65. The fraction of sp³-hybridized carbons (Fsp3) is 0.571. The van der Waals surface area contributed by atoms with Gasteiger partial charge in [0.05, 0.1) is 30.8 Å². The molecule has 0 spiro atoms. The van der Waals surface area contributed by atoms with Crippen molar-refractivity contribution < 1.29 is 9.47 Å². The lowest BCUT2D eigenvalue weighted by Gasteiger charge is -2.26. The van der Waals surface area contributed by atoms with Gasteiger partial charge >= 0.3 is 0 Å². The fourth-order valence-electron chi connectivity index (χ4n) is 2.48. The third-order valence-corrected chi connectivity index (χ3v) is 3.57. The number of nitrogen functional groups attached to an aromatic ring is 1. The summed E-state index contributed by atoms with van der Waals surface area (Å²) in [6.07, 6.45) is 1.12. The molecule has 1 aliphatic heterocycles. The summed E-state index contributed by atoms with van der Waals surface area (Å²) in [6, 6.07) is 4.03. The number of anilines is 3. The summed E-state index contributed by atoms with van der Waals surface area (Å²) in [7, 11) is 5.48. The second kappa shape index (κ2) is 6.02. The number of benzene rings is 1. The van der Waals surface area contributed by atoms with E-state index in [1.165, 1.54) is 5.69 Å². The molecule has 2 rings (SSSR count). The SMILES string of the molecule is COCCN1CCCN(C)c2cc(N)c(OC)cc21. The van der Waals surface area contributed by atoms with Crippen LogP contribution >= 0.6 is 0 Å². The van der Waals surface area contributed by atoms with Crippen molar-refractivity contribution in [2.45, 2.75) is 6.42 Å². The van der Waals surface area contributed by atoms with Gasteiger partial charge in [0.2, 0.25) is 0 Å². The summed E-state index contributed by atoms with van der Waals surface area (Å²) in [5.41, 5.74) is 9.03. The molecule has 0 aliphatic carbocycles. The number of ether oxygens (including phenoxy) is 2. The van der Waals surface area contributed by atoms with Gasteiger partial charge in [0.25, 0.3) is 0 Å². The molecule has 0 aromatic heterocycles. The molecule has 0 saturated carbocycles. The molecule has 5 nitrogen and oxygen atoms in total. The number of methoxy groups -OCH3 is 2. The maximum atomic E-state index is 6.02. The average Bonchev–Trinajstić information content (AvgIpc) is 2.55. The van der Waals surface area contributed by atoms with Crippen LogP contribution in [0.1, 0.15) is 6.42 Å². The predicted octanol–water partition coefficient (Wildman–Crippen LogP) is 1.57. The molecule has 0 unspecified atom stereocenters. The second-order valence-corrected chi connectivity index (χ2v) is 4.84. The number of nitrogens with two attached hydrogens (primary N) is 1. The van der Waals surface area contributed by atoms with E-state index in [1.54, 1.807) is 14.2 Å². The molecule has 1 aliphatic rings. The van der Waals surface area contributed by atoms with Crippen LogP contribution in [0, 0.1) is 0 Å². The van der Waals surface area contributed by atoms with E-state index in [4.69, 9.17) is 15.2 Å². The number of fused-ring (bicyclic) bond motifs is 1. The smallest absolute Gasteiger partial charge is 0.143 e. The van der Waals surface area contributed by atoms with Gasteiger partial charge in [-0.05, 0) is 12.5 Å². The standard InChI is InChI=1S/C14H23N3O2/c1-16-5-4-6-17(7-8-18-2)13-10-14(19-3)11(15)9-12(13)16/h9-10H,4-8,15H2,1-3H3. The summed E-state index contributed by atoms with van der Waals surface area (Å²) < 4.78 is 10.5. The van der Waals surface area contributed by atoms with Crippen LogP contribution in [-0.4, -0.2) is 47.5 Å².